The van der Waals surface area contributed by atoms with Crippen molar-refractivity contribution >= 4 is 17.3 Å². The quantitative estimate of drug-likeness (QED) is 0.878. The van der Waals surface area contributed by atoms with Crippen molar-refractivity contribution in [1.82, 2.24) is 15.5 Å². The number of aryl methyl sites for hydroxylation is 1. The highest BCUT2D eigenvalue weighted by molar-refractivity contribution is 7.98. The Morgan fingerprint density at radius 3 is 2.81 bits per heavy atom. The Bertz CT molecular complexity index is 649. The number of rotatable bonds is 3. The van der Waals surface area contributed by atoms with Crippen molar-refractivity contribution in [3.63, 3.8) is 0 Å². The molecule has 0 saturated heterocycles. The molecular weight excluding hydrogens is 278 g/mol. The predicted molar refractivity (Wildman–Crippen MR) is 88.3 cm³/mol. The Hall–Kier alpha value is -1.65. The van der Waals surface area contributed by atoms with Crippen molar-refractivity contribution in [2.45, 2.75) is 24.4 Å². The van der Waals surface area contributed by atoms with Crippen molar-refractivity contribution in [3.8, 4) is 0 Å². The van der Waals surface area contributed by atoms with Crippen LogP contribution in [0.1, 0.15) is 29.3 Å². The maximum absolute atomic E-state index is 4.36. The van der Waals surface area contributed by atoms with Gasteiger partial charge in [-0.15, -0.1) is 16.9 Å². The van der Waals surface area contributed by atoms with Crippen LogP contribution in [0, 0.1) is 6.92 Å². The summed E-state index contributed by atoms with van der Waals surface area (Å²) in [6.45, 7) is 3.01. The van der Waals surface area contributed by atoms with Crippen molar-refractivity contribution in [3.05, 3.63) is 59.3 Å². The molecule has 21 heavy (non-hydrogen) atoms. The molecule has 108 valence electrons. The SMILES string of the molecule is CSc1ccc(C2CC(c3cccc(C)c3)=CCN2)nn1. The minimum absolute atomic E-state index is 0.244. The van der Waals surface area contributed by atoms with Gasteiger partial charge in [0.05, 0.1) is 11.7 Å². The van der Waals surface area contributed by atoms with Crippen LogP contribution in [0.3, 0.4) is 0 Å². The lowest BCUT2D eigenvalue weighted by Gasteiger charge is -2.24. The van der Waals surface area contributed by atoms with Crippen molar-refractivity contribution in [2.24, 2.45) is 0 Å². The fourth-order valence-electron chi connectivity index (χ4n) is 2.61. The fraction of sp³-hybridized carbons (Fsp3) is 0.294. The Labute approximate surface area is 129 Å². The van der Waals surface area contributed by atoms with E-state index in [1.807, 2.05) is 12.3 Å². The molecule has 1 aromatic heterocycles. The van der Waals surface area contributed by atoms with E-state index in [4.69, 9.17) is 0 Å². The molecule has 0 saturated carbocycles. The topological polar surface area (TPSA) is 37.8 Å². The highest BCUT2D eigenvalue weighted by atomic mass is 32.2. The normalized spacial score (nSPS) is 18.4. The van der Waals surface area contributed by atoms with Crippen LogP contribution in [-0.2, 0) is 0 Å². The summed E-state index contributed by atoms with van der Waals surface area (Å²) in [4.78, 5) is 0. The third-order valence-electron chi connectivity index (χ3n) is 3.75. The molecule has 1 atom stereocenters. The second kappa shape index (κ2) is 6.41. The molecule has 0 bridgehead atoms. The summed E-state index contributed by atoms with van der Waals surface area (Å²) in [7, 11) is 0. The van der Waals surface area contributed by atoms with Gasteiger partial charge in [0.25, 0.3) is 0 Å². The molecule has 1 N–H and O–H groups in total. The third-order valence-corrected chi connectivity index (χ3v) is 4.39. The Morgan fingerprint density at radius 1 is 1.19 bits per heavy atom. The van der Waals surface area contributed by atoms with Gasteiger partial charge in [-0.3, -0.25) is 0 Å². The molecule has 2 heterocycles. The molecule has 1 unspecified atom stereocenters. The largest absolute Gasteiger partial charge is 0.305 e. The van der Waals surface area contributed by atoms with Crippen molar-refractivity contribution in [1.29, 1.82) is 0 Å². The Kier molecular flexibility index (Phi) is 4.36. The molecule has 0 spiro atoms. The van der Waals surface area contributed by atoms with E-state index in [1.54, 1.807) is 11.8 Å². The standard InChI is InChI=1S/C17H19N3S/c1-12-4-3-5-13(10-12)14-8-9-18-16(11-14)15-6-7-17(21-2)20-19-15/h3-8,10,16,18H,9,11H2,1-2H3. The molecular formula is C17H19N3S. The molecule has 0 amide bonds. The van der Waals surface area contributed by atoms with Crippen molar-refractivity contribution < 1.29 is 0 Å². The molecule has 3 rings (SSSR count). The van der Waals surface area contributed by atoms with Gasteiger partial charge in [0.1, 0.15) is 5.03 Å². The van der Waals surface area contributed by atoms with E-state index in [-0.39, 0.29) is 6.04 Å². The van der Waals surface area contributed by atoms with Crippen LogP contribution in [0.15, 0.2) is 47.5 Å². The first-order valence-corrected chi connectivity index (χ1v) is 8.36. The molecule has 0 radical (unpaired) electrons. The summed E-state index contributed by atoms with van der Waals surface area (Å²) in [5, 5.41) is 13.1. The summed E-state index contributed by atoms with van der Waals surface area (Å²) in [6.07, 6.45) is 5.24. The Balaban J connectivity index is 1.80. The second-order valence-corrected chi connectivity index (χ2v) is 6.09. The number of hydrogen-bond donors (Lipinski definition) is 1. The van der Waals surface area contributed by atoms with Gasteiger partial charge in [0.2, 0.25) is 0 Å². The monoisotopic (exact) mass is 297 g/mol. The van der Waals surface area contributed by atoms with Crippen LogP contribution in [0.25, 0.3) is 5.57 Å². The van der Waals surface area contributed by atoms with E-state index < -0.39 is 0 Å². The maximum atomic E-state index is 4.36. The third kappa shape index (κ3) is 3.34. The van der Waals surface area contributed by atoms with E-state index in [2.05, 4.69) is 58.8 Å². The van der Waals surface area contributed by atoms with E-state index in [0.717, 1.165) is 23.7 Å². The molecule has 3 nitrogen and oxygen atoms in total. The number of aromatic nitrogens is 2. The highest BCUT2D eigenvalue weighted by Crippen LogP contribution is 2.29. The van der Waals surface area contributed by atoms with Crippen LogP contribution >= 0.6 is 11.8 Å². The van der Waals surface area contributed by atoms with E-state index >= 15 is 0 Å². The van der Waals surface area contributed by atoms with Crippen molar-refractivity contribution in [2.75, 3.05) is 12.8 Å². The fourth-order valence-corrected chi connectivity index (χ4v) is 2.94. The van der Waals surface area contributed by atoms with E-state index in [9.17, 15) is 0 Å². The zero-order chi connectivity index (χ0) is 14.7. The minimum atomic E-state index is 0.244. The average molecular weight is 297 g/mol. The number of hydrogen-bond acceptors (Lipinski definition) is 4. The second-order valence-electron chi connectivity index (χ2n) is 5.26. The molecule has 4 heteroatoms. The molecule has 1 aliphatic rings. The summed E-state index contributed by atoms with van der Waals surface area (Å²) in [5.74, 6) is 0. The Morgan fingerprint density at radius 2 is 2.10 bits per heavy atom. The van der Waals surface area contributed by atoms with Gasteiger partial charge in [-0.05, 0) is 42.9 Å². The number of thioether (sulfide) groups is 1. The zero-order valence-corrected chi connectivity index (χ0v) is 13.2. The van der Waals surface area contributed by atoms with Gasteiger partial charge < -0.3 is 5.32 Å². The van der Waals surface area contributed by atoms with E-state index in [1.165, 1.54) is 16.7 Å². The van der Waals surface area contributed by atoms with E-state index in [0.29, 0.717) is 0 Å². The highest BCUT2D eigenvalue weighted by Gasteiger charge is 2.19. The molecule has 1 aliphatic heterocycles. The number of nitrogens with one attached hydrogen (secondary N) is 1. The van der Waals surface area contributed by atoms with Crippen LogP contribution in [0.2, 0.25) is 0 Å². The number of nitrogens with zero attached hydrogens (tertiary/aromatic N) is 2. The van der Waals surface area contributed by atoms with Gasteiger partial charge in [0.15, 0.2) is 0 Å². The lowest BCUT2D eigenvalue weighted by atomic mass is 9.93. The first-order chi connectivity index (χ1) is 10.3. The van der Waals surface area contributed by atoms with Crippen LogP contribution in [-0.4, -0.2) is 23.0 Å². The van der Waals surface area contributed by atoms with Crippen LogP contribution in [0.4, 0.5) is 0 Å². The number of benzene rings is 1. The predicted octanol–water partition coefficient (Wildman–Crippen LogP) is 3.62. The molecule has 2 aromatic rings. The van der Waals surface area contributed by atoms with Gasteiger partial charge in [0, 0.05) is 6.54 Å². The lowest BCUT2D eigenvalue weighted by Crippen LogP contribution is -2.26. The van der Waals surface area contributed by atoms with Gasteiger partial charge in [-0.2, -0.15) is 5.10 Å². The average Bonchev–Trinajstić information content (AvgIpc) is 2.55. The molecule has 0 fully saturated rings. The zero-order valence-electron chi connectivity index (χ0n) is 12.3. The first-order valence-electron chi connectivity index (χ1n) is 7.13. The summed E-state index contributed by atoms with van der Waals surface area (Å²) >= 11 is 1.62. The first kappa shape index (κ1) is 14.3. The van der Waals surface area contributed by atoms with Gasteiger partial charge in [-0.25, -0.2) is 0 Å². The van der Waals surface area contributed by atoms with Crippen LogP contribution in [0.5, 0.6) is 0 Å². The summed E-state index contributed by atoms with van der Waals surface area (Å²) in [6, 6.07) is 13.1. The molecule has 0 aliphatic carbocycles. The smallest absolute Gasteiger partial charge is 0.119 e. The summed E-state index contributed by atoms with van der Waals surface area (Å²) in [5.41, 5.74) is 5.02. The van der Waals surface area contributed by atoms with Gasteiger partial charge in [-0.1, -0.05) is 35.9 Å². The van der Waals surface area contributed by atoms with Gasteiger partial charge >= 0.3 is 0 Å². The maximum Gasteiger partial charge on any atom is 0.119 e. The minimum Gasteiger partial charge on any atom is -0.305 e. The summed E-state index contributed by atoms with van der Waals surface area (Å²) < 4.78 is 0. The lowest BCUT2D eigenvalue weighted by molar-refractivity contribution is 0.540. The van der Waals surface area contributed by atoms with Crippen LogP contribution < -0.4 is 5.32 Å². The molecule has 1 aromatic carbocycles.